The van der Waals surface area contributed by atoms with E-state index in [0.717, 1.165) is 22.6 Å². The number of Topliss-reactive ketones (excluding diaryl/α,β-unsaturated/α-hetero) is 1. The van der Waals surface area contributed by atoms with Gasteiger partial charge in [0.25, 0.3) is 0 Å². The monoisotopic (exact) mass is 316 g/mol. The number of thioether (sulfide) groups is 1. The quantitative estimate of drug-likeness (QED) is 0.786. The summed E-state index contributed by atoms with van der Waals surface area (Å²) in [6.45, 7) is 7.97. The Kier molecular flexibility index (Phi) is 5.57. The summed E-state index contributed by atoms with van der Waals surface area (Å²) in [5.74, 6) is 8.22. The Labute approximate surface area is 136 Å². The van der Waals surface area contributed by atoms with E-state index >= 15 is 0 Å². The number of fused-ring (bicyclic) bond motifs is 1. The van der Waals surface area contributed by atoms with Crippen LogP contribution in [0.4, 0.5) is 0 Å². The summed E-state index contributed by atoms with van der Waals surface area (Å²) in [6, 6.07) is 5.65. The van der Waals surface area contributed by atoms with Crippen molar-refractivity contribution in [2.24, 2.45) is 5.92 Å². The second kappa shape index (κ2) is 7.42. The Morgan fingerprint density at radius 3 is 2.68 bits per heavy atom. The first-order valence-corrected chi connectivity index (χ1v) is 8.16. The summed E-state index contributed by atoms with van der Waals surface area (Å²) in [5.41, 5.74) is 1.82. The van der Waals surface area contributed by atoms with Crippen LogP contribution >= 0.6 is 11.8 Å². The zero-order chi connectivity index (χ0) is 16.1. The zero-order valence-corrected chi connectivity index (χ0v) is 14.1. The molecule has 1 unspecified atom stereocenters. The highest BCUT2D eigenvalue weighted by Crippen LogP contribution is 2.32. The maximum atomic E-state index is 11.6. The minimum Gasteiger partial charge on any atom is -0.454 e. The van der Waals surface area contributed by atoms with E-state index in [1.54, 1.807) is 18.7 Å². The van der Waals surface area contributed by atoms with Crippen molar-refractivity contribution in [3.8, 4) is 23.3 Å². The minimum absolute atomic E-state index is 0.0118. The molecular formula is C18H20O3S. The fraction of sp³-hybridized carbons (Fsp3) is 0.389. The summed E-state index contributed by atoms with van der Waals surface area (Å²) in [5, 5.41) is 1.95. The van der Waals surface area contributed by atoms with Gasteiger partial charge < -0.3 is 9.47 Å². The highest BCUT2D eigenvalue weighted by Gasteiger charge is 2.17. The molecule has 4 heteroatoms. The molecule has 0 bridgehead atoms. The topological polar surface area (TPSA) is 35.5 Å². The number of allylic oxidation sites excluding steroid dienone is 1. The largest absolute Gasteiger partial charge is 0.454 e. The standard InChI is InChI=1S/C18H20O3S/c1-12(2)18(14(4)19)22-10-13(3)5-6-15-7-8-16-17(9-15)21-11-20-16/h7-10,12,18H,11H2,1-4H3/b13-10+. The van der Waals surface area contributed by atoms with Crippen LogP contribution < -0.4 is 9.47 Å². The molecule has 0 fully saturated rings. The Morgan fingerprint density at radius 1 is 1.27 bits per heavy atom. The van der Waals surface area contributed by atoms with Crippen LogP contribution in [-0.4, -0.2) is 17.8 Å². The van der Waals surface area contributed by atoms with Gasteiger partial charge in [-0.15, -0.1) is 11.8 Å². The van der Waals surface area contributed by atoms with Gasteiger partial charge in [0.1, 0.15) is 5.78 Å². The van der Waals surface area contributed by atoms with E-state index in [2.05, 4.69) is 25.7 Å². The van der Waals surface area contributed by atoms with Crippen molar-refractivity contribution in [3.63, 3.8) is 0 Å². The van der Waals surface area contributed by atoms with Crippen molar-refractivity contribution in [2.75, 3.05) is 6.79 Å². The smallest absolute Gasteiger partial charge is 0.231 e. The highest BCUT2D eigenvalue weighted by molar-refractivity contribution is 8.03. The van der Waals surface area contributed by atoms with Crippen molar-refractivity contribution in [1.82, 2.24) is 0 Å². The van der Waals surface area contributed by atoms with Crippen molar-refractivity contribution < 1.29 is 14.3 Å². The van der Waals surface area contributed by atoms with Crippen LogP contribution in [0.15, 0.2) is 29.2 Å². The molecular weight excluding hydrogens is 296 g/mol. The van der Waals surface area contributed by atoms with Crippen LogP contribution in [0.5, 0.6) is 11.5 Å². The predicted octanol–water partition coefficient (Wildman–Crippen LogP) is 4.02. The van der Waals surface area contributed by atoms with Crippen molar-refractivity contribution in [1.29, 1.82) is 0 Å². The summed E-state index contributed by atoms with van der Waals surface area (Å²) in [7, 11) is 0. The molecule has 2 rings (SSSR count). The van der Waals surface area contributed by atoms with Crippen LogP contribution in [0.25, 0.3) is 0 Å². The van der Waals surface area contributed by atoms with Gasteiger partial charge in [-0.3, -0.25) is 4.79 Å². The van der Waals surface area contributed by atoms with E-state index in [1.807, 2.05) is 30.5 Å². The maximum Gasteiger partial charge on any atom is 0.231 e. The Morgan fingerprint density at radius 2 is 2.00 bits per heavy atom. The molecule has 1 aromatic rings. The number of hydrogen-bond acceptors (Lipinski definition) is 4. The number of benzene rings is 1. The highest BCUT2D eigenvalue weighted by atomic mass is 32.2. The summed E-state index contributed by atoms with van der Waals surface area (Å²) in [4.78, 5) is 11.6. The SMILES string of the molecule is CC(=O)C(S/C=C(\C)C#Cc1ccc2c(c1)OCO2)C(C)C. The Bertz CT molecular complexity index is 650. The fourth-order valence-corrected chi connectivity index (χ4v) is 2.99. The summed E-state index contributed by atoms with van der Waals surface area (Å²) >= 11 is 1.54. The van der Waals surface area contributed by atoms with Gasteiger partial charge in [-0.05, 0) is 43.4 Å². The molecule has 0 spiro atoms. The van der Waals surface area contributed by atoms with Crippen LogP contribution in [-0.2, 0) is 4.79 Å². The number of carbonyl (C=O) groups is 1. The molecule has 1 atom stereocenters. The molecule has 0 N–H and O–H groups in total. The molecule has 116 valence electrons. The zero-order valence-electron chi connectivity index (χ0n) is 13.3. The molecule has 0 aliphatic carbocycles. The normalized spacial score (nSPS) is 14.5. The number of ether oxygens (including phenoxy) is 2. The van der Waals surface area contributed by atoms with E-state index in [-0.39, 0.29) is 17.8 Å². The van der Waals surface area contributed by atoms with E-state index < -0.39 is 0 Å². The molecule has 3 nitrogen and oxygen atoms in total. The summed E-state index contributed by atoms with van der Waals surface area (Å²) in [6.07, 6.45) is 0. The molecule has 0 amide bonds. The molecule has 1 heterocycles. The average molecular weight is 316 g/mol. The van der Waals surface area contributed by atoms with Gasteiger partial charge in [-0.1, -0.05) is 25.7 Å². The van der Waals surface area contributed by atoms with Crippen LogP contribution in [0.2, 0.25) is 0 Å². The fourth-order valence-electron chi connectivity index (χ4n) is 2.07. The molecule has 0 saturated heterocycles. The maximum absolute atomic E-state index is 11.6. The molecule has 0 aromatic heterocycles. The lowest BCUT2D eigenvalue weighted by Crippen LogP contribution is -2.19. The van der Waals surface area contributed by atoms with Crippen molar-refractivity contribution in [3.05, 3.63) is 34.7 Å². The van der Waals surface area contributed by atoms with E-state index in [0.29, 0.717) is 5.92 Å². The summed E-state index contributed by atoms with van der Waals surface area (Å²) < 4.78 is 10.6. The van der Waals surface area contributed by atoms with Gasteiger partial charge in [0.05, 0.1) is 5.25 Å². The second-order valence-corrected chi connectivity index (χ2v) is 6.55. The molecule has 22 heavy (non-hydrogen) atoms. The van der Waals surface area contributed by atoms with E-state index in [9.17, 15) is 4.79 Å². The number of hydrogen-bond donors (Lipinski definition) is 0. The van der Waals surface area contributed by atoms with Crippen molar-refractivity contribution >= 4 is 17.5 Å². The minimum atomic E-state index is -0.0118. The number of ketones is 1. The third-order valence-corrected chi connectivity index (χ3v) is 4.83. The molecule has 1 aliphatic heterocycles. The van der Waals surface area contributed by atoms with Gasteiger partial charge in [0.2, 0.25) is 6.79 Å². The lowest BCUT2D eigenvalue weighted by Gasteiger charge is -2.14. The average Bonchev–Trinajstić information content (AvgIpc) is 2.92. The lowest BCUT2D eigenvalue weighted by atomic mass is 10.1. The number of rotatable bonds is 4. The Balaban J connectivity index is 2.04. The van der Waals surface area contributed by atoms with E-state index in [4.69, 9.17) is 9.47 Å². The van der Waals surface area contributed by atoms with Gasteiger partial charge in [-0.25, -0.2) is 0 Å². The predicted molar refractivity (Wildman–Crippen MR) is 90.1 cm³/mol. The van der Waals surface area contributed by atoms with Gasteiger partial charge in [0.15, 0.2) is 11.5 Å². The first kappa shape index (κ1) is 16.5. The first-order valence-electron chi connectivity index (χ1n) is 7.21. The third-order valence-electron chi connectivity index (χ3n) is 3.17. The second-order valence-electron chi connectivity index (χ2n) is 5.53. The molecule has 0 radical (unpaired) electrons. The molecule has 1 aromatic carbocycles. The molecule has 0 saturated carbocycles. The van der Waals surface area contributed by atoms with Gasteiger partial charge >= 0.3 is 0 Å². The molecule has 1 aliphatic rings. The van der Waals surface area contributed by atoms with Crippen LogP contribution in [0.3, 0.4) is 0 Å². The van der Waals surface area contributed by atoms with Crippen LogP contribution in [0.1, 0.15) is 33.3 Å². The lowest BCUT2D eigenvalue weighted by molar-refractivity contribution is -0.117. The van der Waals surface area contributed by atoms with Crippen molar-refractivity contribution in [2.45, 2.75) is 32.9 Å². The third kappa shape index (κ3) is 4.32. The van der Waals surface area contributed by atoms with E-state index in [1.165, 1.54) is 0 Å². The first-order chi connectivity index (χ1) is 10.5. The van der Waals surface area contributed by atoms with Gasteiger partial charge in [0, 0.05) is 11.1 Å². The Hall–Kier alpha value is -1.86. The number of carbonyl (C=O) groups excluding carboxylic acids is 1. The van der Waals surface area contributed by atoms with Crippen LogP contribution in [0, 0.1) is 17.8 Å². The van der Waals surface area contributed by atoms with Gasteiger partial charge in [-0.2, -0.15) is 0 Å².